The molecule has 0 bridgehead atoms. The van der Waals surface area contributed by atoms with Crippen molar-refractivity contribution < 1.29 is 0 Å². The van der Waals surface area contributed by atoms with Crippen LogP contribution < -0.4 is 0 Å². The zero-order valence-electron chi connectivity index (χ0n) is 11.1. The smallest absolute Gasteiger partial charge is 0.161 e. The minimum Gasteiger partial charge on any atom is -0.296 e. The molecule has 100 valence electrons. The van der Waals surface area contributed by atoms with Crippen molar-refractivity contribution >= 4 is 22.9 Å². The number of pyridine rings is 1. The fourth-order valence-electron chi connectivity index (χ4n) is 2.76. The first-order valence-electron chi connectivity index (χ1n) is 6.93. The maximum atomic E-state index is 4.81. The summed E-state index contributed by atoms with van der Waals surface area (Å²) in [6.07, 6.45) is 4.33. The predicted molar refractivity (Wildman–Crippen MR) is 83.7 cm³/mol. The number of aromatic nitrogens is 3. The monoisotopic (exact) mass is 281 g/mol. The molecule has 20 heavy (non-hydrogen) atoms. The van der Waals surface area contributed by atoms with Crippen LogP contribution in [0.5, 0.6) is 0 Å². The molecule has 0 amide bonds. The van der Waals surface area contributed by atoms with E-state index in [-0.39, 0.29) is 0 Å². The van der Waals surface area contributed by atoms with Crippen LogP contribution >= 0.6 is 11.8 Å². The van der Waals surface area contributed by atoms with Gasteiger partial charge in [0.15, 0.2) is 5.65 Å². The second-order valence-corrected chi connectivity index (χ2v) is 6.27. The van der Waals surface area contributed by atoms with Gasteiger partial charge in [-0.3, -0.25) is 4.57 Å². The number of nitrogens with zero attached hydrogens (tertiary/aromatic N) is 3. The lowest BCUT2D eigenvalue weighted by molar-refractivity contribution is 0.661. The standard InChI is InChI=1S/C16H15N3S/c1-2-6-12(7-3-1)15-18-13-8-4-10-17-16(13)19(15)14-9-5-11-20-14/h1-4,6-8,10,14H,5,9,11H2. The van der Waals surface area contributed by atoms with Gasteiger partial charge in [-0.1, -0.05) is 30.3 Å². The third-order valence-electron chi connectivity index (χ3n) is 3.67. The van der Waals surface area contributed by atoms with Gasteiger partial charge in [0.1, 0.15) is 11.3 Å². The maximum Gasteiger partial charge on any atom is 0.161 e. The predicted octanol–water partition coefficient (Wildman–Crippen LogP) is 4.12. The molecular weight excluding hydrogens is 266 g/mol. The number of rotatable bonds is 2. The van der Waals surface area contributed by atoms with Crippen molar-refractivity contribution in [3.8, 4) is 11.4 Å². The Morgan fingerprint density at radius 3 is 2.80 bits per heavy atom. The van der Waals surface area contributed by atoms with Gasteiger partial charge in [-0.2, -0.15) is 0 Å². The lowest BCUT2D eigenvalue weighted by Crippen LogP contribution is -2.04. The lowest BCUT2D eigenvalue weighted by Gasteiger charge is -2.15. The van der Waals surface area contributed by atoms with Crippen molar-refractivity contribution in [2.45, 2.75) is 18.2 Å². The molecule has 4 rings (SSSR count). The second kappa shape index (κ2) is 4.94. The van der Waals surface area contributed by atoms with E-state index in [1.807, 2.05) is 36.2 Å². The molecule has 3 nitrogen and oxygen atoms in total. The minimum atomic E-state index is 0.463. The number of fused-ring (bicyclic) bond motifs is 1. The van der Waals surface area contributed by atoms with Crippen LogP contribution in [0.3, 0.4) is 0 Å². The maximum absolute atomic E-state index is 4.81. The van der Waals surface area contributed by atoms with Crippen LogP contribution in [-0.4, -0.2) is 20.3 Å². The van der Waals surface area contributed by atoms with Crippen LogP contribution in [0.2, 0.25) is 0 Å². The Bertz CT molecular complexity index is 730. The van der Waals surface area contributed by atoms with Gasteiger partial charge in [-0.25, -0.2) is 9.97 Å². The van der Waals surface area contributed by atoms with Gasteiger partial charge in [-0.15, -0.1) is 11.8 Å². The van der Waals surface area contributed by atoms with E-state index in [1.54, 1.807) is 0 Å². The van der Waals surface area contributed by atoms with Crippen LogP contribution in [0, 0.1) is 0 Å². The summed E-state index contributed by atoms with van der Waals surface area (Å²) in [6, 6.07) is 14.4. The average molecular weight is 281 g/mol. The highest BCUT2D eigenvalue weighted by Gasteiger charge is 2.24. The van der Waals surface area contributed by atoms with Gasteiger partial charge >= 0.3 is 0 Å². The van der Waals surface area contributed by atoms with Gasteiger partial charge in [0, 0.05) is 11.8 Å². The summed E-state index contributed by atoms with van der Waals surface area (Å²) in [5.41, 5.74) is 3.16. The highest BCUT2D eigenvalue weighted by Crippen LogP contribution is 2.40. The van der Waals surface area contributed by atoms with E-state index in [9.17, 15) is 0 Å². The van der Waals surface area contributed by atoms with Crippen molar-refractivity contribution in [3.05, 3.63) is 48.7 Å². The molecule has 1 saturated heterocycles. The normalized spacial score (nSPS) is 18.7. The quantitative estimate of drug-likeness (QED) is 0.708. The first-order valence-corrected chi connectivity index (χ1v) is 7.98. The van der Waals surface area contributed by atoms with Crippen molar-refractivity contribution in [1.82, 2.24) is 14.5 Å². The topological polar surface area (TPSA) is 30.7 Å². The Hall–Kier alpha value is -1.81. The number of hydrogen-bond donors (Lipinski definition) is 0. The van der Waals surface area contributed by atoms with Crippen molar-refractivity contribution in [2.24, 2.45) is 0 Å². The Kier molecular flexibility index (Phi) is 2.96. The van der Waals surface area contributed by atoms with E-state index in [0.29, 0.717) is 5.37 Å². The van der Waals surface area contributed by atoms with Gasteiger partial charge < -0.3 is 0 Å². The van der Waals surface area contributed by atoms with Gasteiger partial charge in [0.05, 0.1) is 5.37 Å². The Morgan fingerprint density at radius 2 is 2.00 bits per heavy atom. The third kappa shape index (κ3) is 1.91. The molecule has 1 fully saturated rings. The number of benzene rings is 1. The molecule has 0 spiro atoms. The fourth-order valence-corrected chi connectivity index (χ4v) is 4.05. The molecule has 3 aromatic rings. The summed E-state index contributed by atoms with van der Waals surface area (Å²) < 4.78 is 2.32. The number of imidazole rings is 1. The molecule has 3 heterocycles. The van der Waals surface area contributed by atoms with E-state index in [0.717, 1.165) is 22.6 Å². The van der Waals surface area contributed by atoms with E-state index >= 15 is 0 Å². The highest BCUT2D eigenvalue weighted by atomic mass is 32.2. The van der Waals surface area contributed by atoms with E-state index in [1.165, 1.54) is 18.6 Å². The Labute approximate surface area is 122 Å². The van der Waals surface area contributed by atoms with E-state index in [4.69, 9.17) is 4.98 Å². The van der Waals surface area contributed by atoms with Crippen LogP contribution in [0.4, 0.5) is 0 Å². The first-order chi connectivity index (χ1) is 9.93. The molecule has 4 heteroatoms. The zero-order chi connectivity index (χ0) is 13.4. The van der Waals surface area contributed by atoms with Crippen LogP contribution in [0.15, 0.2) is 48.7 Å². The number of hydrogen-bond acceptors (Lipinski definition) is 3. The Morgan fingerprint density at radius 1 is 1.10 bits per heavy atom. The molecule has 0 radical (unpaired) electrons. The highest BCUT2D eigenvalue weighted by molar-refractivity contribution is 7.99. The fraction of sp³-hybridized carbons (Fsp3) is 0.250. The van der Waals surface area contributed by atoms with Gasteiger partial charge in [0.2, 0.25) is 0 Å². The molecule has 1 unspecified atom stereocenters. The summed E-state index contributed by atoms with van der Waals surface area (Å²) >= 11 is 2.01. The molecule has 2 aromatic heterocycles. The first kappa shape index (κ1) is 12.0. The Balaban J connectivity index is 1.97. The molecule has 1 atom stereocenters. The van der Waals surface area contributed by atoms with Crippen molar-refractivity contribution in [3.63, 3.8) is 0 Å². The molecule has 1 aliphatic heterocycles. The second-order valence-electron chi connectivity index (χ2n) is 4.99. The largest absolute Gasteiger partial charge is 0.296 e. The summed E-state index contributed by atoms with van der Waals surface area (Å²) in [6.45, 7) is 0. The molecule has 0 aliphatic carbocycles. The van der Waals surface area contributed by atoms with Crippen LogP contribution in [0.1, 0.15) is 18.2 Å². The van der Waals surface area contributed by atoms with E-state index in [2.05, 4.69) is 33.8 Å². The third-order valence-corrected chi connectivity index (χ3v) is 5.03. The van der Waals surface area contributed by atoms with E-state index < -0.39 is 0 Å². The van der Waals surface area contributed by atoms with Crippen LogP contribution in [0.25, 0.3) is 22.6 Å². The summed E-state index contributed by atoms with van der Waals surface area (Å²) in [4.78, 5) is 9.37. The average Bonchev–Trinajstić information content (AvgIpc) is 3.14. The summed E-state index contributed by atoms with van der Waals surface area (Å²) in [5.74, 6) is 2.27. The van der Waals surface area contributed by atoms with Crippen molar-refractivity contribution in [1.29, 1.82) is 0 Å². The summed E-state index contributed by atoms with van der Waals surface area (Å²) in [7, 11) is 0. The minimum absolute atomic E-state index is 0.463. The zero-order valence-corrected chi connectivity index (χ0v) is 11.9. The van der Waals surface area contributed by atoms with Gasteiger partial charge in [-0.05, 0) is 30.7 Å². The van der Waals surface area contributed by atoms with Gasteiger partial charge in [0.25, 0.3) is 0 Å². The van der Waals surface area contributed by atoms with Crippen LogP contribution in [-0.2, 0) is 0 Å². The number of thioether (sulfide) groups is 1. The molecule has 1 aromatic carbocycles. The SMILES string of the molecule is c1ccc(-c2nc3cccnc3n2C2CCCS2)cc1. The molecule has 1 aliphatic rings. The van der Waals surface area contributed by atoms with Crippen molar-refractivity contribution in [2.75, 3.05) is 5.75 Å². The summed E-state index contributed by atoms with van der Waals surface area (Å²) in [5, 5.41) is 0.463. The lowest BCUT2D eigenvalue weighted by atomic mass is 10.2. The molecule has 0 saturated carbocycles. The molecule has 0 N–H and O–H groups in total. The molecular formula is C16H15N3S.